The molecule has 1 aliphatic carbocycles. The number of aromatic amines is 1. The molecular formula is C23H21F3N4O2. The van der Waals surface area contributed by atoms with Crippen molar-refractivity contribution in [2.45, 2.75) is 37.5 Å². The molecule has 1 saturated carbocycles. The molecule has 2 atom stereocenters. The van der Waals surface area contributed by atoms with Gasteiger partial charge in [0.25, 0.3) is 0 Å². The average Bonchev–Trinajstić information content (AvgIpc) is 3.38. The van der Waals surface area contributed by atoms with Gasteiger partial charge in [-0.1, -0.05) is 36.4 Å². The molecule has 0 spiro atoms. The number of nitrogens with one attached hydrogen (secondary N) is 2. The number of hydrogen-bond donors (Lipinski definition) is 2. The third kappa shape index (κ3) is 3.94. The second-order valence-electron chi connectivity index (χ2n) is 8.39. The zero-order valence-electron chi connectivity index (χ0n) is 17.0. The van der Waals surface area contributed by atoms with E-state index >= 15 is 0 Å². The molecule has 5 rings (SSSR count). The van der Waals surface area contributed by atoms with Gasteiger partial charge in [0.15, 0.2) is 0 Å². The van der Waals surface area contributed by atoms with Gasteiger partial charge in [-0.15, -0.1) is 0 Å². The Morgan fingerprint density at radius 2 is 1.88 bits per heavy atom. The molecule has 2 heterocycles. The predicted octanol–water partition coefficient (Wildman–Crippen LogP) is 3.80. The molecular weight excluding hydrogens is 421 g/mol. The van der Waals surface area contributed by atoms with Crippen LogP contribution in [0.3, 0.4) is 0 Å². The molecule has 0 unspecified atom stereocenters. The van der Waals surface area contributed by atoms with E-state index in [2.05, 4.69) is 15.3 Å². The summed E-state index contributed by atoms with van der Waals surface area (Å²) in [4.78, 5) is 33.1. The number of aromatic nitrogens is 2. The van der Waals surface area contributed by atoms with Crippen molar-refractivity contribution in [3.05, 3.63) is 65.5 Å². The summed E-state index contributed by atoms with van der Waals surface area (Å²) in [6.45, 7) is 0.408. The fourth-order valence-corrected chi connectivity index (χ4v) is 4.25. The molecule has 32 heavy (non-hydrogen) atoms. The van der Waals surface area contributed by atoms with Gasteiger partial charge in [-0.3, -0.25) is 9.59 Å². The van der Waals surface area contributed by atoms with E-state index in [9.17, 15) is 22.8 Å². The van der Waals surface area contributed by atoms with Crippen LogP contribution >= 0.6 is 0 Å². The fourth-order valence-electron chi connectivity index (χ4n) is 4.25. The molecule has 3 aromatic rings. The first-order chi connectivity index (χ1) is 15.3. The second-order valence-corrected chi connectivity index (χ2v) is 8.39. The minimum atomic E-state index is -4.57. The Hall–Kier alpha value is -3.36. The number of hydrogen-bond acceptors (Lipinski definition) is 3. The minimum Gasteiger partial charge on any atom is -0.345 e. The van der Waals surface area contributed by atoms with Crippen molar-refractivity contribution < 1.29 is 22.8 Å². The van der Waals surface area contributed by atoms with E-state index in [0.29, 0.717) is 12.1 Å². The van der Waals surface area contributed by atoms with Crippen molar-refractivity contribution >= 4 is 22.8 Å². The molecule has 166 valence electrons. The van der Waals surface area contributed by atoms with Crippen molar-refractivity contribution in [1.82, 2.24) is 20.2 Å². The summed E-state index contributed by atoms with van der Waals surface area (Å²) < 4.78 is 39.1. The first kappa shape index (κ1) is 20.5. The Morgan fingerprint density at radius 3 is 2.56 bits per heavy atom. The summed E-state index contributed by atoms with van der Waals surface area (Å²) in [5.41, 5.74) is 1.85. The summed E-state index contributed by atoms with van der Waals surface area (Å²) in [5, 5.41) is 3.02. The maximum Gasteiger partial charge on any atom is 0.449 e. The highest BCUT2D eigenvalue weighted by Crippen LogP contribution is 2.34. The normalized spacial score (nSPS) is 20.0. The van der Waals surface area contributed by atoms with Crippen LogP contribution in [0.15, 0.2) is 48.5 Å². The molecule has 1 aliphatic heterocycles. The van der Waals surface area contributed by atoms with Crippen LogP contribution in [0.5, 0.6) is 0 Å². The van der Waals surface area contributed by atoms with Crippen LogP contribution < -0.4 is 5.32 Å². The Kier molecular flexibility index (Phi) is 4.91. The lowest BCUT2D eigenvalue weighted by Gasteiger charge is -2.22. The maximum atomic E-state index is 13.1. The number of amides is 2. The molecule has 2 N–H and O–H groups in total. The Morgan fingerprint density at radius 1 is 1.12 bits per heavy atom. The lowest BCUT2D eigenvalue weighted by atomic mass is 9.97. The van der Waals surface area contributed by atoms with Gasteiger partial charge in [0.2, 0.25) is 17.6 Å². The SMILES string of the molecule is O=C(N[C@@H](c1ccccc1)c1ccc2nc(C(F)(F)F)[nH]c2c1)[C@H]1CC(=O)N(C2CC2)C1. The quantitative estimate of drug-likeness (QED) is 0.631. The third-order valence-corrected chi connectivity index (χ3v) is 6.04. The standard InChI is InChI=1S/C23H21F3N4O2/c24-23(25,26)22-27-17-9-6-14(10-18(17)28-22)20(13-4-2-1-3-5-13)29-21(32)15-11-19(31)30(12-15)16-7-8-16/h1-6,9-10,15-16,20H,7-8,11-12H2,(H,27,28)(H,29,32)/t15-,20-/m0/s1. The van der Waals surface area contributed by atoms with E-state index in [4.69, 9.17) is 0 Å². The largest absolute Gasteiger partial charge is 0.449 e. The van der Waals surface area contributed by atoms with Gasteiger partial charge in [-0.05, 0) is 36.1 Å². The van der Waals surface area contributed by atoms with Gasteiger partial charge >= 0.3 is 6.18 Å². The number of carbonyl (C=O) groups excluding carboxylic acids is 2. The number of rotatable bonds is 5. The van der Waals surface area contributed by atoms with E-state index in [1.807, 2.05) is 30.3 Å². The lowest BCUT2D eigenvalue weighted by molar-refractivity contribution is -0.144. The minimum absolute atomic E-state index is 0.00229. The van der Waals surface area contributed by atoms with E-state index in [-0.39, 0.29) is 35.3 Å². The highest BCUT2D eigenvalue weighted by molar-refractivity contribution is 5.90. The fraction of sp³-hybridized carbons (Fsp3) is 0.348. The summed E-state index contributed by atoms with van der Waals surface area (Å²) in [6, 6.07) is 13.6. The summed E-state index contributed by atoms with van der Waals surface area (Å²) in [7, 11) is 0. The van der Waals surface area contributed by atoms with Gasteiger partial charge in [0, 0.05) is 19.0 Å². The van der Waals surface area contributed by atoms with Gasteiger partial charge in [0.1, 0.15) is 0 Å². The van der Waals surface area contributed by atoms with Crippen LogP contribution in [-0.4, -0.2) is 39.3 Å². The monoisotopic (exact) mass is 442 g/mol. The molecule has 2 fully saturated rings. The van der Waals surface area contributed by atoms with Crippen LogP contribution in [0.4, 0.5) is 13.2 Å². The Balaban J connectivity index is 1.44. The molecule has 2 aliphatic rings. The number of fused-ring (bicyclic) bond motifs is 1. The molecule has 1 aromatic heterocycles. The number of alkyl halides is 3. The number of imidazole rings is 1. The second kappa shape index (κ2) is 7.65. The number of likely N-dealkylation sites (tertiary alicyclic amines) is 1. The molecule has 1 saturated heterocycles. The van der Waals surface area contributed by atoms with E-state index in [1.54, 1.807) is 17.0 Å². The molecule has 2 amide bonds. The van der Waals surface area contributed by atoms with Gasteiger partial charge < -0.3 is 15.2 Å². The van der Waals surface area contributed by atoms with E-state index in [0.717, 1.165) is 18.4 Å². The Labute approximate surface area is 181 Å². The number of H-pyrrole nitrogens is 1. The van der Waals surface area contributed by atoms with Crippen LogP contribution in [0, 0.1) is 5.92 Å². The van der Waals surface area contributed by atoms with Crippen molar-refractivity contribution in [2.24, 2.45) is 5.92 Å². The summed E-state index contributed by atoms with van der Waals surface area (Å²) in [5.74, 6) is -1.74. The maximum absolute atomic E-state index is 13.1. The highest BCUT2D eigenvalue weighted by atomic mass is 19.4. The molecule has 9 heteroatoms. The predicted molar refractivity (Wildman–Crippen MR) is 110 cm³/mol. The van der Waals surface area contributed by atoms with Crippen LogP contribution in [0.2, 0.25) is 0 Å². The number of halogens is 3. The first-order valence-corrected chi connectivity index (χ1v) is 10.5. The van der Waals surface area contributed by atoms with Gasteiger partial charge in [-0.2, -0.15) is 13.2 Å². The third-order valence-electron chi connectivity index (χ3n) is 6.04. The van der Waals surface area contributed by atoms with Crippen molar-refractivity contribution in [2.75, 3.05) is 6.54 Å². The average molecular weight is 442 g/mol. The zero-order valence-corrected chi connectivity index (χ0v) is 17.0. The molecule has 0 bridgehead atoms. The number of nitrogens with zero attached hydrogens (tertiary/aromatic N) is 2. The molecule has 2 aromatic carbocycles. The summed E-state index contributed by atoms with van der Waals surface area (Å²) in [6.07, 6.45) is -2.43. The van der Waals surface area contributed by atoms with E-state index < -0.39 is 24.0 Å². The Bertz CT molecular complexity index is 1170. The smallest absolute Gasteiger partial charge is 0.345 e. The van der Waals surface area contributed by atoms with Crippen LogP contribution in [0.25, 0.3) is 11.0 Å². The number of benzene rings is 2. The van der Waals surface area contributed by atoms with Crippen molar-refractivity contribution in [3.63, 3.8) is 0 Å². The highest BCUT2D eigenvalue weighted by Gasteiger charge is 2.42. The van der Waals surface area contributed by atoms with Gasteiger partial charge in [0.05, 0.1) is 23.0 Å². The molecule has 0 radical (unpaired) electrons. The van der Waals surface area contributed by atoms with Crippen molar-refractivity contribution in [1.29, 1.82) is 0 Å². The van der Waals surface area contributed by atoms with E-state index in [1.165, 1.54) is 6.07 Å². The summed E-state index contributed by atoms with van der Waals surface area (Å²) >= 11 is 0. The van der Waals surface area contributed by atoms with Crippen LogP contribution in [0.1, 0.15) is 42.3 Å². The van der Waals surface area contributed by atoms with Crippen molar-refractivity contribution in [3.8, 4) is 0 Å². The zero-order chi connectivity index (χ0) is 22.5. The van der Waals surface area contributed by atoms with Gasteiger partial charge in [-0.25, -0.2) is 4.98 Å². The van der Waals surface area contributed by atoms with Crippen LogP contribution in [-0.2, 0) is 15.8 Å². The molecule has 6 nitrogen and oxygen atoms in total. The number of carbonyl (C=O) groups is 2. The first-order valence-electron chi connectivity index (χ1n) is 10.5. The lowest BCUT2D eigenvalue weighted by Crippen LogP contribution is -2.36. The topological polar surface area (TPSA) is 78.1 Å².